The SMILES string of the molecule is C[C@@H]1CCCN1CCc1ccc(-c2ccc3c(c2)CCN(C(=O)CC2(CC(=O)O)CCCCC2)C3)cc1. The van der Waals surface area contributed by atoms with Crippen LogP contribution in [0.4, 0.5) is 0 Å². The molecule has 1 N–H and O–H groups in total. The number of rotatable bonds is 8. The monoisotopic (exact) mass is 502 g/mol. The lowest BCUT2D eigenvalue weighted by Gasteiger charge is -2.38. The molecule has 1 saturated heterocycles. The highest BCUT2D eigenvalue weighted by atomic mass is 16.4. The Morgan fingerprint density at radius 2 is 1.68 bits per heavy atom. The number of hydrogen-bond acceptors (Lipinski definition) is 3. The summed E-state index contributed by atoms with van der Waals surface area (Å²) in [6.07, 6.45) is 10.0. The molecular weight excluding hydrogens is 460 g/mol. The number of carbonyl (C=O) groups excluding carboxylic acids is 1. The van der Waals surface area contributed by atoms with Gasteiger partial charge in [-0.1, -0.05) is 61.7 Å². The summed E-state index contributed by atoms with van der Waals surface area (Å²) < 4.78 is 0. The molecule has 37 heavy (non-hydrogen) atoms. The molecule has 2 heterocycles. The fraction of sp³-hybridized carbons (Fsp3) is 0.562. The summed E-state index contributed by atoms with van der Waals surface area (Å²) in [6.45, 7) is 6.07. The Morgan fingerprint density at radius 1 is 0.919 bits per heavy atom. The molecule has 5 rings (SSSR count). The molecule has 198 valence electrons. The molecule has 0 radical (unpaired) electrons. The van der Waals surface area contributed by atoms with Gasteiger partial charge in [0.05, 0.1) is 6.42 Å². The molecule has 2 fully saturated rings. The molecule has 1 atom stereocenters. The predicted molar refractivity (Wildman–Crippen MR) is 147 cm³/mol. The van der Waals surface area contributed by atoms with Crippen molar-refractivity contribution >= 4 is 11.9 Å². The van der Waals surface area contributed by atoms with Crippen molar-refractivity contribution in [3.63, 3.8) is 0 Å². The normalized spacial score (nSPS) is 21.5. The molecule has 5 nitrogen and oxygen atoms in total. The van der Waals surface area contributed by atoms with Crippen LogP contribution in [0.25, 0.3) is 11.1 Å². The Bertz CT molecular complexity index is 1100. The smallest absolute Gasteiger partial charge is 0.303 e. The molecule has 5 heteroatoms. The van der Waals surface area contributed by atoms with Gasteiger partial charge in [-0.3, -0.25) is 9.59 Å². The zero-order valence-electron chi connectivity index (χ0n) is 22.4. The van der Waals surface area contributed by atoms with Crippen LogP contribution in [0.1, 0.15) is 81.4 Å². The van der Waals surface area contributed by atoms with Crippen LogP contribution in [-0.4, -0.2) is 52.5 Å². The minimum atomic E-state index is -0.777. The van der Waals surface area contributed by atoms with E-state index in [0.717, 1.165) is 57.5 Å². The number of likely N-dealkylation sites (tertiary alicyclic amines) is 1. The van der Waals surface area contributed by atoms with Crippen LogP contribution in [0.15, 0.2) is 42.5 Å². The molecule has 1 amide bonds. The Kier molecular flexibility index (Phi) is 7.99. The number of carbonyl (C=O) groups is 2. The fourth-order valence-electron chi connectivity index (χ4n) is 6.88. The van der Waals surface area contributed by atoms with Gasteiger partial charge in [0.15, 0.2) is 0 Å². The maximum Gasteiger partial charge on any atom is 0.303 e. The molecule has 2 aliphatic heterocycles. The topological polar surface area (TPSA) is 60.9 Å². The van der Waals surface area contributed by atoms with E-state index in [2.05, 4.69) is 54.3 Å². The second-order valence-electron chi connectivity index (χ2n) is 11.8. The third-order valence-electron chi connectivity index (χ3n) is 9.20. The number of amides is 1. The van der Waals surface area contributed by atoms with E-state index in [0.29, 0.717) is 19.5 Å². The van der Waals surface area contributed by atoms with Crippen LogP contribution in [0, 0.1) is 5.41 Å². The van der Waals surface area contributed by atoms with Crippen LogP contribution in [0.5, 0.6) is 0 Å². The van der Waals surface area contributed by atoms with Crippen molar-refractivity contribution in [3.05, 3.63) is 59.2 Å². The number of aliphatic carboxylic acids is 1. The van der Waals surface area contributed by atoms with Crippen LogP contribution >= 0.6 is 0 Å². The van der Waals surface area contributed by atoms with E-state index in [4.69, 9.17) is 0 Å². The Hall–Kier alpha value is -2.66. The first-order valence-corrected chi connectivity index (χ1v) is 14.4. The van der Waals surface area contributed by atoms with Crippen molar-refractivity contribution in [3.8, 4) is 11.1 Å². The summed E-state index contributed by atoms with van der Waals surface area (Å²) in [4.78, 5) is 29.4. The maximum absolute atomic E-state index is 13.3. The first kappa shape index (κ1) is 26.0. The lowest BCUT2D eigenvalue weighted by Crippen LogP contribution is -2.40. The molecular formula is C32H42N2O3. The van der Waals surface area contributed by atoms with E-state index in [1.54, 1.807) is 0 Å². The third kappa shape index (κ3) is 6.26. The van der Waals surface area contributed by atoms with Gasteiger partial charge < -0.3 is 14.9 Å². The Balaban J connectivity index is 1.20. The number of carboxylic acid groups (broad SMARTS) is 1. The quantitative estimate of drug-likeness (QED) is 0.475. The first-order chi connectivity index (χ1) is 17.9. The van der Waals surface area contributed by atoms with Gasteiger partial charge in [-0.25, -0.2) is 0 Å². The molecule has 1 saturated carbocycles. The maximum atomic E-state index is 13.3. The minimum Gasteiger partial charge on any atom is -0.481 e. The zero-order valence-corrected chi connectivity index (χ0v) is 22.4. The lowest BCUT2D eigenvalue weighted by molar-refractivity contribution is -0.142. The van der Waals surface area contributed by atoms with Crippen molar-refractivity contribution in [2.75, 3.05) is 19.6 Å². The van der Waals surface area contributed by atoms with Gasteiger partial charge in [-0.15, -0.1) is 0 Å². The highest BCUT2D eigenvalue weighted by Crippen LogP contribution is 2.43. The van der Waals surface area contributed by atoms with Gasteiger partial charge in [0.25, 0.3) is 0 Å². The van der Waals surface area contributed by atoms with Crippen LogP contribution in [0.3, 0.4) is 0 Å². The third-order valence-corrected chi connectivity index (χ3v) is 9.20. The minimum absolute atomic E-state index is 0.114. The van der Waals surface area contributed by atoms with Gasteiger partial charge in [-0.2, -0.15) is 0 Å². The highest BCUT2D eigenvalue weighted by Gasteiger charge is 2.38. The Labute approximate surface area is 221 Å². The second-order valence-corrected chi connectivity index (χ2v) is 11.8. The van der Waals surface area contributed by atoms with E-state index in [1.165, 1.54) is 47.2 Å². The van der Waals surface area contributed by atoms with E-state index in [1.807, 2.05) is 4.90 Å². The van der Waals surface area contributed by atoms with E-state index < -0.39 is 5.97 Å². The Morgan fingerprint density at radius 3 is 2.38 bits per heavy atom. The van der Waals surface area contributed by atoms with Crippen molar-refractivity contribution in [1.29, 1.82) is 0 Å². The standard InChI is InChI=1S/C32H42N2O3/c1-24-6-5-17-33(24)18-13-25-7-9-26(10-8-25)27-11-12-29-23-34(19-14-28(29)20-27)30(35)21-32(22-31(36)37)15-3-2-4-16-32/h7-12,20,24H,2-6,13-19,21-23H2,1H3,(H,36,37)/t24-/m1/s1. The highest BCUT2D eigenvalue weighted by molar-refractivity contribution is 5.79. The number of nitrogens with zero attached hydrogens (tertiary/aromatic N) is 2. The van der Waals surface area contributed by atoms with Gasteiger partial charge in [0.2, 0.25) is 5.91 Å². The van der Waals surface area contributed by atoms with E-state index in [-0.39, 0.29) is 17.7 Å². The molecule has 2 aromatic rings. The first-order valence-electron chi connectivity index (χ1n) is 14.4. The van der Waals surface area contributed by atoms with Crippen molar-refractivity contribution in [2.24, 2.45) is 5.41 Å². The van der Waals surface area contributed by atoms with Gasteiger partial charge in [0, 0.05) is 32.1 Å². The number of carboxylic acids is 1. The van der Waals surface area contributed by atoms with Crippen LogP contribution in [-0.2, 0) is 29.0 Å². The molecule has 0 spiro atoms. The summed E-state index contributed by atoms with van der Waals surface area (Å²) in [5.41, 5.74) is 6.06. The predicted octanol–water partition coefficient (Wildman–Crippen LogP) is 6.08. The summed E-state index contributed by atoms with van der Waals surface area (Å²) in [6, 6.07) is 16.4. The summed E-state index contributed by atoms with van der Waals surface area (Å²) in [5, 5.41) is 9.47. The lowest BCUT2D eigenvalue weighted by atomic mass is 9.69. The van der Waals surface area contributed by atoms with Crippen molar-refractivity contribution < 1.29 is 14.7 Å². The van der Waals surface area contributed by atoms with E-state index in [9.17, 15) is 14.7 Å². The summed E-state index contributed by atoms with van der Waals surface area (Å²) >= 11 is 0. The molecule has 0 unspecified atom stereocenters. The fourth-order valence-corrected chi connectivity index (χ4v) is 6.88. The average Bonchev–Trinajstić information content (AvgIpc) is 3.31. The van der Waals surface area contributed by atoms with Crippen LogP contribution < -0.4 is 0 Å². The summed E-state index contributed by atoms with van der Waals surface area (Å²) in [5.74, 6) is -0.655. The summed E-state index contributed by atoms with van der Waals surface area (Å²) in [7, 11) is 0. The number of hydrogen-bond donors (Lipinski definition) is 1. The molecule has 0 aromatic heterocycles. The van der Waals surface area contributed by atoms with Crippen molar-refractivity contribution in [1.82, 2.24) is 9.80 Å². The van der Waals surface area contributed by atoms with Crippen molar-refractivity contribution in [2.45, 2.75) is 90.1 Å². The molecule has 1 aliphatic carbocycles. The average molecular weight is 503 g/mol. The van der Waals surface area contributed by atoms with Gasteiger partial charge in [0.1, 0.15) is 0 Å². The molecule has 0 bridgehead atoms. The van der Waals surface area contributed by atoms with E-state index >= 15 is 0 Å². The zero-order chi connectivity index (χ0) is 25.8. The van der Waals surface area contributed by atoms with Gasteiger partial charge in [-0.05, 0) is 85.2 Å². The largest absolute Gasteiger partial charge is 0.481 e. The van der Waals surface area contributed by atoms with Gasteiger partial charge >= 0.3 is 5.97 Å². The molecule has 3 aliphatic rings. The van der Waals surface area contributed by atoms with Crippen LogP contribution in [0.2, 0.25) is 0 Å². The molecule has 2 aromatic carbocycles. The number of fused-ring (bicyclic) bond motifs is 1. The number of benzene rings is 2. The second kappa shape index (κ2) is 11.4.